The molecule has 0 amide bonds. The van der Waals surface area contributed by atoms with Gasteiger partial charge in [0.15, 0.2) is 5.82 Å². The van der Waals surface area contributed by atoms with E-state index in [4.69, 9.17) is 17.3 Å². The lowest BCUT2D eigenvalue weighted by atomic mass is 10.3. The van der Waals surface area contributed by atoms with Crippen LogP contribution in [-0.4, -0.2) is 11.0 Å². The normalized spacial score (nSPS) is 14.7. The first-order valence-corrected chi connectivity index (χ1v) is 7.21. The first-order chi connectivity index (χ1) is 8.74. The summed E-state index contributed by atoms with van der Waals surface area (Å²) >= 11 is 7.74. The number of hydrogen-bond donors (Lipinski definition) is 1. The van der Waals surface area contributed by atoms with Gasteiger partial charge >= 0.3 is 0 Å². The van der Waals surface area contributed by atoms with Crippen LogP contribution in [0.15, 0.2) is 29.6 Å². The molecule has 0 aliphatic heterocycles. The van der Waals surface area contributed by atoms with Crippen molar-refractivity contribution in [1.82, 2.24) is 4.98 Å². The molecule has 0 bridgehead atoms. The van der Waals surface area contributed by atoms with Gasteiger partial charge in [0, 0.05) is 10.9 Å². The number of nitrogens with zero attached hydrogens (tertiary/aromatic N) is 2. The van der Waals surface area contributed by atoms with Gasteiger partial charge < -0.3 is 10.6 Å². The van der Waals surface area contributed by atoms with Gasteiger partial charge in [-0.2, -0.15) is 0 Å². The standard InChI is InChI=1S/C13H14ClN3S/c14-12-6-5-11(15)13(16-12)17(9-3-4-9)8-10-2-1-7-18-10/h1-2,5-7,9H,3-4,8,15H2. The van der Waals surface area contributed by atoms with Crippen molar-refractivity contribution in [3.8, 4) is 0 Å². The molecule has 2 aromatic heterocycles. The molecule has 5 heteroatoms. The second-order valence-corrected chi connectivity index (χ2v) is 5.90. The Bertz CT molecular complexity index is 537. The van der Waals surface area contributed by atoms with E-state index < -0.39 is 0 Å². The van der Waals surface area contributed by atoms with Crippen LogP contribution in [0.2, 0.25) is 5.15 Å². The summed E-state index contributed by atoms with van der Waals surface area (Å²) < 4.78 is 0. The van der Waals surface area contributed by atoms with Gasteiger partial charge in [0.05, 0.1) is 12.2 Å². The lowest BCUT2D eigenvalue weighted by Crippen LogP contribution is -2.26. The van der Waals surface area contributed by atoms with Gasteiger partial charge in [0.25, 0.3) is 0 Å². The van der Waals surface area contributed by atoms with E-state index in [-0.39, 0.29) is 0 Å². The number of nitrogens with two attached hydrogens (primary N) is 1. The van der Waals surface area contributed by atoms with Gasteiger partial charge in [-0.3, -0.25) is 0 Å². The number of pyridine rings is 1. The molecule has 1 aliphatic rings. The third kappa shape index (κ3) is 2.44. The van der Waals surface area contributed by atoms with Crippen molar-refractivity contribution >= 4 is 34.4 Å². The van der Waals surface area contributed by atoms with Crippen LogP contribution in [0.25, 0.3) is 0 Å². The Morgan fingerprint density at radius 2 is 2.22 bits per heavy atom. The summed E-state index contributed by atoms with van der Waals surface area (Å²) in [5, 5.41) is 2.59. The molecule has 0 spiro atoms. The average molecular weight is 280 g/mol. The van der Waals surface area contributed by atoms with Crippen molar-refractivity contribution in [3.63, 3.8) is 0 Å². The van der Waals surface area contributed by atoms with E-state index in [1.165, 1.54) is 17.7 Å². The molecule has 18 heavy (non-hydrogen) atoms. The highest BCUT2D eigenvalue weighted by atomic mass is 35.5. The summed E-state index contributed by atoms with van der Waals surface area (Å²) in [6.45, 7) is 0.861. The fourth-order valence-corrected chi connectivity index (χ4v) is 2.85. The molecular weight excluding hydrogens is 266 g/mol. The predicted molar refractivity (Wildman–Crippen MR) is 77.2 cm³/mol. The number of nitrogen functional groups attached to an aromatic ring is 1. The van der Waals surface area contributed by atoms with Crippen molar-refractivity contribution in [2.75, 3.05) is 10.6 Å². The van der Waals surface area contributed by atoms with E-state index in [0.29, 0.717) is 16.9 Å². The van der Waals surface area contributed by atoms with Crippen LogP contribution in [0.1, 0.15) is 17.7 Å². The van der Waals surface area contributed by atoms with Crippen LogP contribution >= 0.6 is 22.9 Å². The van der Waals surface area contributed by atoms with Crippen molar-refractivity contribution in [3.05, 3.63) is 39.7 Å². The van der Waals surface area contributed by atoms with Crippen LogP contribution < -0.4 is 10.6 Å². The smallest absolute Gasteiger partial charge is 0.154 e. The van der Waals surface area contributed by atoms with Crippen molar-refractivity contribution in [2.45, 2.75) is 25.4 Å². The van der Waals surface area contributed by atoms with Gasteiger partial charge in [0.2, 0.25) is 0 Å². The van der Waals surface area contributed by atoms with Gasteiger partial charge in [0.1, 0.15) is 5.15 Å². The maximum Gasteiger partial charge on any atom is 0.154 e. The molecule has 2 aromatic rings. The Balaban J connectivity index is 1.91. The average Bonchev–Trinajstić information content (AvgIpc) is 3.07. The molecular formula is C13H14ClN3S. The molecule has 0 atom stereocenters. The lowest BCUT2D eigenvalue weighted by molar-refractivity contribution is 0.788. The largest absolute Gasteiger partial charge is 0.396 e. The second kappa shape index (κ2) is 4.78. The Hall–Kier alpha value is -1.26. The van der Waals surface area contributed by atoms with Crippen LogP contribution in [0.5, 0.6) is 0 Å². The molecule has 0 unspecified atom stereocenters. The highest BCUT2D eigenvalue weighted by Gasteiger charge is 2.31. The molecule has 0 radical (unpaired) electrons. The minimum atomic E-state index is 0.496. The fraction of sp³-hybridized carbons (Fsp3) is 0.308. The fourth-order valence-electron chi connectivity index (χ4n) is 2.00. The zero-order valence-corrected chi connectivity index (χ0v) is 11.4. The number of thiophene rings is 1. The Kier molecular flexibility index (Phi) is 3.14. The SMILES string of the molecule is Nc1ccc(Cl)nc1N(Cc1cccs1)C1CC1. The monoisotopic (exact) mass is 279 g/mol. The number of aromatic nitrogens is 1. The lowest BCUT2D eigenvalue weighted by Gasteiger charge is -2.24. The van der Waals surface area contributed by atoms with E-state index in [1.807, 2.05) is 6.07 Å². The third-order valence-corrected chi connectivity index (χ3v) is 4.11. The second-order valence-electron chi connectivity index (χ2n) is 4.49. The zero-order chi connectivity index (χ0) is 12.5. The molecule has 2 heterocycles. The molecule has 0 saturated heterocycles. The molecule has 94 valence electrons. The quantitative estimate of drug-likeness (QED) is 0.871. The van der Waals surface area contributed by atoms with Crippen LogP contribution in [0.4, 0.5) is 11.5 Å². The molecule has 0 aromatic carbocycles. The first kappa shape index (κ1) is 11.8. The Morgan fingerprint density at radius 1 is 1.39 bits per heavy atom. The Labute approximate surface area is 115 Å². The maximum atomic E-state index is 6.03. The van der Waals surface area contributed by atoms with Crippen LogP contribution in [-0.2, 0) is 6.54 Å². The van der Waals surface area contributed by atoms with E-state index in [9.17, 15) is 0 Å². The third-order valence-electron chi connectivity index (χ3n) is 3.04. The summed E-state index contributed by atoms with van der Waals surface area (Å²) in [4.78, 5) is 7.98. The number of rotatable bonds is 4. The summed E-state index contributed by atoms with van der Waals surface area (Å²) in [5.41, 5.74) is 6.72. The topological polar surface area (TPSA) is 42.1 Å². The van der Waals surface area contributed by atoms with Gasteiger partial charge in [-0.1, -0.05) is 17.7 Å². The molecule has 3 nitrogen and oxygen atoms in total. The van der Waals surface area contributed by atoms with Gasteiger partial charge in [-0.15, -0.1) is 11.3 Å². The number of hydrogen-bond acceptors (Lipinski definition) is 4. The molecule has 1 fully saturated rings. The van der Waals surface area contributed by atoms with Gasteiger partial charge in [-0.05, 0) is 36.4 Å². The number of halogens is 1. The maximum absolute atomic E-state index is 6.03. The predicted octanol–water partition coefficient (Wildman–Crippen LogP) is 3.55. The van der Waals surface area contributed by atoms with E-state index in [0.717, 1.165) is 12.4 Å². The van der Waals surface area contributed by atoms with Crippen molar-refractivity contribution in [1.29, 1.82) is 0 Å². The molecule has 1 saturated carbocycles. The zero-order valence-electron chi connectivity index (χ0n) is 9.84. The van der Waals surface area contributed by atoms with Crippen LogP contribution in [0, 0.1) is 0 Å². The molecule has 2 N–H and O–H groups in total. The highest BCUT2D eigenvalue weighted by Crippen LogP contribution is 2.35. The summed E-state index contributed by atoms with van der Waals surface area (Å²) in [6, 6.07) is 8.33. The summed E-state index contributed by atoms with van der Waals surface area (Å²) in [5.74, 6) is 0.818. The molecule has 1 aliphatic carbocycles. The van der Waals surface area contributed by atoms with Gasteiger partial charge in [-0.25, -0.2) is 4.98 Å². The van der Waals surface area contributed by atoms with Crippen molar-refractivity contribution in [2.24, 2.45) is 0 Å². The summed E-state index contributed by atoms with van der Waals surface area (Å²) in [6.07, 6.45) is 2.41. The van der Waals surface area contributed by atoms with E-state index in [2.05, 4.69) is 27.4 Å². The van der Waals surface area contributed by atoms with E-state index >= 15 is 0 Å². The van der Waals surface area contributed by atoms with Crippen LogP contribution in [0.3, 0.4) is 0 Å². The minimum Gasteiger partial charge on any atom is -0.396 e. The minimum absolute atomic E-state index is 0.496. The highest BCUT2D eigenvalue weighted by molar-refractivity contribution is 7.09. The van der Waals surface area contributed by atoms with Crippen molar-refractivity contribution < 1.29 is 0 Å². The Morgan fingerprint density at radius 3 is 2.89 bits per heavy atom. The molecule has 3 rings (SSSR count). The number of anilines is 2. The van der Waals surface area contributed by atoms with E-state index in [1.54, 1.807) is 17.4 Å². The first-order valence-electron chi connectivity index (χ1n) is 5.95. The summed E-state index contributed by atoms with van der Waals surface area (Å²) in [7, 11) is 0.